The normalized spacial score (nSPS) is 11.2. The lowest BCUT2D eigenvalue weighted by atomic mass is 10.1. The molecule has 0 saturated carbocycles. The first kappa shape index (κ1) is 22.4. The maximum atomic E-state index is 4.71. The minimum Gasteiger partial charge on any atom is -0.338 e. The number of nitrogens with one attached hydrogen (secondary N) is 1. The molecule has 2 aromatic heterocycles. The second-order valence-corrected chi connectivity index (χ2v) is 10.2. The lowest BCUT2D eigenvalue weighted by molar-refractivity contribution is 1.34. The van der Waals surface area contributed by atoms with E-state index in [4.69, 9.17) is 4.98 Å². The number of nitrogens with zero attached hydrogens (tertiary/aromatic N) is 2. The van der Waals surface area contributed by atoms with Gasteiger partial charge >= 0.3 is 0 Å². The quantitative estimate of drug-likeness (QED) is 0.253. The SMILES string of the molecule is [HH].c1ccc2cc(-c3nc4ccccc4[nH]3)ccc2c1.c1ccc2cc(-c3nc4ccccc4s3)ccc2c1. The Morgan fingerprint density at radius 3 is 1.79 bits per heavy atom. The maximum Gasteiger partial charge on any atom is 0.138 e. The summed E-state index contributed by atoms with van der Waals surface area (Å²) in [6.45, 7) is 0. The van der Waals surface area contributed by atoms with E-state index in [1.54, 1.807) is 11.3 Å². The number of para-hydroxylation sites is 3. The average Bonchev–Trinajstić information content (AvgIpc) is 3.62. The highest BCUT2D eigenvalue weighted by atomic mass is 32.1. The van der Waals surface area contributed by atoms with Crippen molar-refractivity contribution in [3.8, 4) is 22.0 Å². The number of rotatable bonds is 2. The molecule has 0 aliphatic rings. The summed E-state index contributed by atoms with van der Waals surface area (Å²) < 4.78 is 1.24. The van der Waals surface area contributed by atoms with Gasteiger partial charge in [-0.1, -0.05) is 97.1 Å². The largest absolute Gasteiger partial charge is 0.338 e. The molecule has 0 fully saturated rings. The monoisotopic (exact) mass is 507 g/mol. The zero-order valence-electron chi connectivity index (χ0n) is 20.5. The van der Waals surface area contributed by atoms with Crippen LogP contribution in [0.5, 0.6) is 0 Å². The van der Waals surface area contributed by atoms with E-state index in [0.29, 0.717) is 0 Å². The topological polar surface area (TPSA) is 41.6 Å². The van der Waals surface area contributed by atoms with Crippen molar-refractivity contribution in [3.63, 3.8) is 0 Å². The minimum atomic E-state index is 0. The van der Waals surface area contributed by atoms with Gasteiger partial charge in [0, 0.05) is 12.6 Å². The summed E-state index contributed by atoms with van der Waals surface area (Å²) in [5, 5.41) is 6.11. The molecule has 0 unspecified atom stereocenters. The molecule has 0 amide bonds. The molecule has 0 saturated heterocycles. The number of imidazole rings is 1. The molecule has 0 radical (unpaired) electrons. The zero-order chi connectivity index (χ0) is 25.3. The lowest BCUT2D eigenvalue weighted by Gasteiger charge is -2.00. The fourth-order valence-corrected chi connectivity index (χ4v) is 5.71. The summed E-state index contributed by atoms with van der Waals surface area (Å²) in [7, 11) is 0. The van der Waals surface area contributed by atoms with Crippen LogP contribution in [-0.2, 0) is 0 Å². The van der Waals surface area contributed by atoms with Gasteiger partial charge in [0.1, 0.15) is 10.8 Å². The van der Waals surface area contributed by atoms with Crippen LogP contribution < -0.4 is 0 Å². The lowest BCUT2D eigenvalue weighted by Crippen LogP contribution is -1.80. The summed E-state index contributed by atoms with van der Waals surface area (Å²) >= 11 is 1.75. The van der Waals surface area contributed by atoms with Crippen molar-refractivity contribution in [3.05, 3.63) is 133 Å². The molecule has 8 aromatic rings. The molecule has 2 heterocycles. The third kappa shape index (κ3) is 4.32. The van der Waals surface area contributed by atoms with Gasteiger partial charge in [-0.25, -0.2) is 9.97 Å². The average molecular weight is 508 g/mol. The van der Waals surface area contributed by atoms with Gasteiger partial charge < -0.3 is 4.98 Å². The second kappa shape index (κ2) is 9.58. The first-order chi connectivity index (χ1) is 18.8. The van der Waals surface area contributed by atoms with E-state index in [1.165, 1.54) is 31.8 Å². The summed E-state index contributed by atoms with van der Waals surface area (Å²) in [5.74, 6) is 0.923. The third-order valence-corrected chi connectivity index (χ3v) is 7.79. The highest BCUT2D eigenvalue weighted by Gasteiger charge is 2.07. The Morgan fingerprint density at radius 2 is 1.08 bits per heavy atom. The molecule has 0 aliphatic carbocycles. The number of hydrogen-bond donors (Lipinski definition) is 1. The van der Waals surface area contributed by atoms with E-state index in [1.807, 2.05) is 30.3 Å². The fourth-order valence-electron chi connectivity index (χ4n) is 4.74. The van der Waals surface area contributed by atoms with Crippen LogP contribution >= 0.6 is 11.3 Å². The summed E-state index contributed by atoms with van der Waals surface area (Å²) in [6.07, 6.45) is 0. The van der Waals surface area contributed by atoms with Crippen LogP contribution in [0.1, 0.15) is 1.43 Å². The van der Waals surface area contributed by atoms with E-state index in [9.17, 15) is 0 Å². The molecule has 0 spiro atoms. The summed E-state index contributed by atoms with van der Waals surface area (Å²) in [6, 6.07) is 46.1. The molecule has 6 aromatic carbocycles. The number of benzene rings is 6. The van der Waals surface area contributed by atoms with Gasteiger partial charge in [-0.05, 0) is 57.9 Å². The first-order valence-corrected chi connectivity index (χ1v) is 13.4. The van der Waals surface area contributed by atoms with Crippen molar-refractivity contribution in [2.45, 2.75) is 0 Å². The van der Waals surface area contributed by atoms with Crippen molar-refractivity contribution in [1.82, 2.24) is 15.0 Å². The highest BCUT2D eigenvalue weighted by molar-refractivity contribution is 7.21. The van der Waals surface area contributed by atoms with E-state index in [2.05, 4.69) is 113 Å². The molecular weight excluding hydrogens is 482 g/mol. The Hall–Kier alpha value is -4.80. The van der Waals surface area contributed by atoms with Crippen molar-refractivity contribution in [1.29, 1.82) is 0 Å². The van der Waals surface area contributed by atoms with Crippen LogP contribution in [0.4, 0.5) is 0 Å². The second-order valence-electron chi connectivity index (χ2n) is 9.21. The first-order valence-electron chi connectivity index (χ1n) is 12.6. The molecule has 3 nitrogen and oxygen atoms in total. The van der Waals surface area contributed by atoms with Crippen LogP contribution in [0.15, 0.2) is 133 Å². The summed E-state index contributed by atoms with van der Waals surface area (Å²) in [4.78, 5) is 12.7. The number of fused-ring (bicyclic) bond motifs is 4. The molecule has 0 bridgehead atoms. The Balaban J connectivity index is 0.000000138. The summed E-state index contributed by atoms with van der Waals surface area (Å²) in [5.41, 5.74) is 5.47. The molecule has 1 N–H and O–H groups in total. The smallest absolute Gasteiger partial charge is 0.138 e. The number of hydrogen-bond acceptors (Lipinski definition) is 3. The number of H-pyrrole nitrogens is 1. The van der Waals surface area contributed by atoms with Gasteiger partial charge in [-0.2, -0.15) is 0 Å². The number of aromatic amines is 1. The van der Waals surface area contributed by atoms with Crippen LogP contribution in [0, 0.1) is 0 Å². The number of aromatic nitrogens is 3. The van der Waals surface area contributed by atoms with Gasteiger partial charge in [0.05, 0.1) is 21.3 Å². The van der Waals surface area contributed by atoms with Crippen LogP contribution in [0.25, 0.3) is 64.8 Å². The van der Waals surface area contributed by atoms with Crippen molar-refractivity contribution >= 4 is 54.1 Å². The van der Waals surface area contributed by atoms with Gasteiger partial charge in [0.2, 0.25) is 0 Å². The minimum absolute atomic E-state index is 0. The van der Waals surface area contributed by atoms with Gasteiger partial charge in [-0.15, -0.1) is 11.3 Å². The van der Waals surface area contributed by atoms with Gasteiger partial charge in [0.25, 0.3) is 0 Å². The molecule has 4 heteroatoms. The zero-order valence-corrected chi connectivity index (χ0v) is 21.3. The maximum absolute atomic E-state index is 4.71. The fraction of sp³-hybridized carbons (Fsp3) is 0. The molecule has 0 atom stereocenters. The molecular formula is C34H25N3S. The third-order valence-electron chi connectivity index (χ3n) is 6.70. The van der Waals surface area contributed by atoms with E-state index >= 15 is 0 Å². The van der Waals surface area contributed by atoms with E-state index in [0.717, 1.165) is 32.9 Å². The Morgan fingerprint density at radius 1 is 0.500 bits per heavy atom. The predicted octanol–water partition coefficient (Wildman–Crippen LogP) is 9.75. The van der Waals surface area contributed by atoms with Crippen molar-refractivity contribution < 1.29 is 1.43 Å². The van der Waals surface area contributed by atoms with Gasteiger partial charge in [0.15, 0.2) is 0 Å². The van der Waals surface area contributed by atoms with E-state index in [-0.39, 0.29) is 1.43 Å². The highest BCUT2D eigenvalue weighted by Crippen LogP contribution is 2.31. The molecule has 38 heavy (non-hydrogen) atoms. The van der Waals surface area contributed by atoms with E-state index < -0.39 is 0 Å². The number of thiazole rings is 1. The molecule has 182 valence electrons. The predicted molar refractivity (Wildman–Crippen MR) is 164 cm³/mol. The molecule has 8 rings (SSSR count). The van der Waals surface area contributed by atoms with Crippen LogP contribution in [0.3, 0.4) is 0 Å². The Kier molecular flexibility index (Phi) is 5.65. The standard InChI is InChI=1S/C17H12N2.C17H11NS.H2/c2*1-2-6-13-11-14(10-9-12(13)5-1)17-18-15-7-3-4-8-16(15)19-17;/h1-11H,(H,18,19);1-11H;1H. The van der Waals surface area contributed by atoms with Crippen molar-refractivity contribution in [2.75, 3.05) is 0 Å². The van der Waals surface area contributed by atoms with Gasteiger partial charge in [-0.3, -0.25) is 0 Å². The Bertz CT molecular complexity index is 1840. The van der Waals surface area contributed by atoms with Crippen LogP contribution in [-0.4, -0.2) is 15.0 Å². The molecule has 0 aliphatic heterocycles. The van der Waals surface area contributed by atoms with Crippen molar-refractivity contribution in [2.24, 2.45) is 0 Å². The van der Waals surface area contributed by atoms with Crippen LogP contribution in [0.2, 0.25) is 0 Å². The Labute approximate surface area is 225 Å².